The minimum absolute atomic E-state index is 0.243. The van der Waals surface area contributed by atoms with Gasteiger partial charge in [0, 0.05) is 11.8 Å². The van der Waals surface area contributed by atoms with Crippen LogP contribution in [0.15, 0.2) is 42.5 Å². The Labute approximate surface area is 165 Å². The van der Waals surface area contributed by atoms with Gasteiger partial charge in [0.2, 0.25) is 15.9 Å². The van der Waals surface area contributed by atoms with Gasteiger partial charge in [-0.25, -0.2) is 8.42 Å². The Hall–Kier alpha value is -2.94. The van der Waals surface area contributed by atoms with Gasteiger partial charge in [0.15, 0.2) is 0 Å². The van der Waals surface area contributed by atoms with E-state index in [9.17, 15) is 13.2 Å². The number of carbonyl (C=O) groups excluding carboxylic acids is 1. The standard InChI is InChI=1S/C19H24N2O6S/c1-5-27-15-8-6-14(7-9-15)20-19(22)13-21(28(4,23)24)17-11-10-16(25-2)12-18(17)26-3/h6-12H,5,13H2,1-4H3,(H,20,22). The molecule has 0 fully saturated rings. The fraction of sp³-hybridized carbons (Fsp3) is 0.316. The molecule has 0 aliphatic rings. The summed E-state index contributed by atoms with van der Waals surface area (Å²) in [7, 11) is -0.831. The van der Waals surface area contributed by atoms with Crippen LogP contribution in [0, 0.1) is 0 Å². The van der Waals surface area contributed by atoms with Crippen molar-refractivity contribution in [3.63, 3.8) is 0 Å². The molecule has 0 bridgehead atoms. The summed E-state index contributed by atoms with van der Waals surface area (Å²) in [5.41, 5.74) is 0.774. The largest absolute Gasteiger partial charge is 0.497 e. The Morgan fingerprint density at radius 3 is 2.21 bits per heavy atom. The maximum Gasteiger partial charge on any atom is 0.245 e. The Kier molecular flexibility index (Phi) is 7.11. The van der Waals surface area contributed by atoms with Gasteiger partial charge in [-0.1, -0.05) is 0 Å². The van der Waals surface area contributed by atoms with Gasteiger partial charge < -0.3 is 19.5 Å². The molecule has 152 valence electrons. The van der Waals surface area contributed by atoms with Crippen LogP contribution in [0.2, 0.25) is 0 Å². The highest BCUT2D eigenvalue weighted by Gasteiger charge is 2.24. The van der Waals surface area contributed by atoms with Crippen LogP contribution < -0.4 is 23.8 Å². The van der Waals surface area contributed by atoms with Gasteiger partial charge in [-0.3, -0.25) is 9.10 Å². The van der Waals surface area contributed by atoms with Gasteiger partial charge in [-0.15, -0.1) is 0 Å². The minimum Gasteiger partial charge on any atom is -0.497 e. The zero-order valence-corrected chi connectivity index (χ0v) is 17.1. The van der Waals surface area contributed by atoms with Gasteiger partial charge in [-0.2, -0.15) is 0 Å². The second-order valence-electron chi connectivity index (χ2n) is 5.81. The first-order valence-electron chi connectivity index (χ1n) is 8.51. The SMILES string of the molecule is CCOc1ccc(NC(=O)CN(c2ccc(OC)cc2OC)S(C)(=O)=O)cc1. The molecular weight excluding hydrogens is 384 g/mol. The predicted octanol–water partition coefficient (Wildman–Crippen LogP) is 2.51. The first-order chi connectivity index (χ1) is 13.3. The number of anilines is 2. The Morgan fingerprint density at radius 2 is 1.68 bits per heavy atom. The van der Waals surface area contributed by atoms with Gasteiger partial charge in [0.25, 0.3) is 0 Å². The number of benzene rings is 2. The molecular formula is C19H24N2O6S. The molecule has 1 N–H and O–H groups in total. The van der Waals surface area contributed by atoms with Crippen molar-refractivity contribution in [2.75, 3.05) is 43.2 Å². The van der Waals surface area contributed by atoms with Crippen molar-refractivity contribution in [2.24, 2.45) is 0 Å². The van der Waals surface area contributed by atoms with Gasteiger partial charge in [-0.05, 0) is 43.3 Å². The number of sulfonamides is 1. The fourth-order valence-electron chi connectivity index (χ4n) is 2.50. The molecule has 9 heteroatoms. The molecule has 0 unspecified atom stereocenters. The third-order valence-corrected chi connectivity index (χ3v) is 4.92. The number of methoxy groups -OCH3 is 2. The van der Waals surface area contributed by atoms with E-state index >= 15 is 0 Å². The summed E-state index contributed by atoms with van der Waals surface area (Å²) in [5.74, 6) is 0.972. The zero-order chi connectivity index (χ0) is 20.7. The van der Waals surface area contributed by atoms with Crippen LogP contribution in [0.5, 0.6) is 17.2 Å². The molecule has 0 heterocycles. The summed E-state index contributed by atoms with van der Waals surface area (Å²) in [5, 5.41) is 2.68. The highest BCUT2D eigenvalue weighted by Crippen LogP contribution is 2.33. The monoisotopic (exact) mass is 408 g/mol. The van der Waals surface area contributed by atoms with Crippen LogP contribution in [0.1, 0.15) is 6.92 Å². The van der Waals surface area contributed by atoms with E-state index in [1.807, 2.05) is 6.92 Å². The lowest BCUT2D eigenvalue weighted by Crippen LogP contribution is -2.37. The van der Waals surface area contributed by atoms with E-state index in [-0.39, 0.29) is 11.4 Å². The van der Waals surface area contributed by atoms with E-state index in [1.54, 1.807) is 36.4 Å². The molecule has 0 aliphatic carbocycles. The van der Waals surface area contributed by atoms with Crippen molar-refractivity contribution >= 4 is 27.3 Å². The smallest absolute Gasteiger partial charge is 0.245 e. The highest BCUT2D eigenvalue weighted by atomic mass is 32.2. The van der Waals surface area contributed by atoms with E-state index in [1.165, 1.54) is 20.3 Å². The summed E-state index contributed by atoms with van der Waals surface area (Å²) in [6.45, 7) is 2.01. The van der Waals surface area contributed by atoms with Crippen LogP contribution in [-0.2, 0) is 14.8 Å². The molecule has 0 spiro atoms. The summed E-state index contributed by atoms with van der Waals surface area (Å²) >= 11 is 0. The molecule has 0 atom stereocenters. The summed E-state index contributed by atoms with van der Waals surface area (Å²) in [6, 6.07) is 11.5. The summed E-state index contributed by atoms with van der Waals surface area (Å²) in [6.07, 6.45) is 1.03. The van der Waals surface area contributed by atoms with Gasteiger partial charge >= 0.3 is 0 Å². The third-order valence-electron chi connectivity index (χ3n) is 3.79. The lowest BCUT2D eigenvalue weighted by Gasteiger charge is -2.24. The molecule has 0 radical (unpaired) electrons. The van der Waals surface area contributed by atoms with Gasteiger partial charge in [0.05, 0.1) is 32.8 Å². The number of ether oxygens (including phenoxy) is 3. The second-order valence-corrected chi connectivity index (χ2v) is 7.72. The minimum atomic E-state index is -3.74. The molecule has 0 aromatic heterocycles. The number of nitrogens with one attached hydrogen (secondary N) is 1. The Bertz CT molecular complexity index is 913. The Morgan fingerprint density at radius 1 is 1.04 bits per heavy atom. The second kappa shape index (κ2) is 9.32. The van der Waals surface area contributed by atoms with E-state index in [4.69, 9.17) is 14.2 Å². The lowest BCUT2D eigenvalue weighted by atomic mass is 10.2. The maximum absolute atomic E-state index is 12.5. The molecule has 2 aromatic carbocycles. The highest BCUT2D eigenvalue weighted by molar-refractivity contribution is 7.92. The fourth-order valence-corrected chi connectivity index (χ4v) is 3.36. The quantitative estimate of drug-likeness (QED) is 0.685. The van der Waals surface area contributed by atoms with Crippen molar-refractivity contribution in [1.29, 1.82) is 0 Å². The topological polar surface area (TPSA) is 94.2 Å². The van der Waals surface area contributed by atoms with Crippen molar-refractivity contribution in [2.45, 2.75) is 6.92 Å². The summed E-state index contributed by atoms with van der Waals surface area (Å²) in [4.78, 5) is 12.5. The average molecular weight is 408 g/mol. The normalized spacial score (nSPS) is 10.9. The molecule has 2 rings (SSSR count). The van der Waals surface area contributed by atoms with E-state index in [0.29, 0.717) is 23.8 Å². The van der Waals surface area contributed by atoms with Crippen LogP contribution in [0.3, 0.4) is 0 Å². The number of hydrogen-bond acceptors (Lipinski definition) is 6. The van der Waals surface area contributed by atoms with Gasteiger partial charge in [0.1, 0.15) is 23.8 Å². The molecule has 0 saturated carbocycles. The molecule has 28 heavy (non-hydrogen) atoms. The summed E-state index contributed by atoms with van der Waals surface area (Å²) < 4.78 is 41.3. The number of nitrogens with zero attached hydrogens (tertiary/aromatic N) is 1. The van der Waals surface area contributed by atoms with Crippen molar-refractivity contribution in [3.05, 3.63) is 42.5 Å². The van der Waals surface area contributed by atoms with Crippen LogP contribution in [0.4, 0.5) is 11.4 Å². The molecule has 8 nitrogen and oxygen atoms in total. The van der Waals surface area contributed by atoms with E-state index in [2.05, 4.69) is 5.32 Å². The molecule has 2 aromatic rings. The van der Waals surface area contributed by atoms with Crippen LogP contribution in [0.25, 0.3) is 0 Å². The van der Waals surface area contributed by atoms with E-state index < -0.39 is 22.5 Å². The first kappa shape index (κ1) is 21.4. The van der Waals surface area contributed by atoms with Crippen molar-refractivity contribution in [3.8, 4) is 17.2 Å². The molecule has 0 saturated heterocycles. The zero-order valence-electron chi connectivity index (χ0n) is 16.3. The van der Waals surface area contributed by atoms with Crippen LogP contribution >= 0.6 is 0 Å². The lowest BCUT2D eigenvalue weighted by molar-refractivity contribution is -0.114. The van der Waals surface area contributed by atoms with Crippen LogP contribution in [-0.4, -0.2) is 48.0 Å². The molecule has 0 aliphatic heterocycles. The Balaban J connectivity index is 2.22. The predicted molar refractivity (Wildman–Crippen MR) is 108 cm³/mol. The number of hydrogen-bond donors (Lipinski definition) is 1. The average Bonchev–Trinajstić information content (AvgIpc) is 2.66. The number of carbonyl (C=O) groups is 1. The van der Waals surface area contributed by atoms with E-state index in [0.717, 1.165) is 10.6 Å². The molecule has 1 amide bonds. The maximum atomic E-state index is 12.5. The van der Waals surface area contributed by atoms with Crippen molar-refractivity contribution in [1.82, 2.24) is 0 Å². The number of rotatable bonds is 9. The third kappa shape index (κ3) is 5.53. The number of amides is 1. The first-order valence-corrected chi connectivity index (χ1v) is 10.4. The van der Waals surface area contributed by atoms with Crippen molar-refractivity contribution < 1.29 is 27.4 Å².